The number of hydrogen-bond acceptors (Lipinski definition) is 4. The number of para-hydroxylation sites is 1. The molecule has 2 aromatic rings. The van der Waals surface area contributed by atoms with Crippen LogP contribution in [0.15, 0.2) is 18.2 Å². The Balaban J connectivity index is 2.10. The number of fused-ring (bicyclic) bond motifs is 1. The molecule has 1 aromatic heterocycles. The summed E-state index contributed by atoms with van der Waals surface area (Å²) in [7, 11) is 0. The lowest BCUT2D eigenvalue weighted by molar-refractivity contribution is -0.143. The molecule has 0 aliphatic rings. The van der Waals surface area contributed by atoms with Gasteiger partial charge in [-0.15, -0.1) is 0 Å². The maximum absolute atomic E-state index is 11.3. The van der Waals surface area contributed by atoms with Crippen LogP contribution in [0.2, 0.25) is 5.02 Å². The average molecular weight is 282 g/mol. The van der Waals surface area contributed by atoms with Gasteiger partial charge < -0.3 is 15.0 Å². The predicted octanol–water partition coefficient (Wildman–Crippen LogP) is 2.62. The molecule has 0 aliphatic heterocycles. The number of carbonyl (C=O) groups excluding carboxylic acids is 1. The first-order valence-corrected chi connectivity index (χ1v) is 6.57. The zero-order valence-corrected chi connectivity index (χ0v) is 11.5. The summed E-state index contributed by atoms with van der Waals surface area (Å²) < 4.78 is 6.74. The van der Waals surface area contributed by atoms with Gasteiger partial charge in [-0.2, -0.15) is 0 Å². The Labute approximate surface area is 116 Å². The Morgan fingerprint density at radius 1 is 1.53 bits per heavy atom. The van der Waals surface area contributed by atoms with Crippen LogP contribution in [-0.2, 0) is 16.1 Å². The van der Waals surface area contributed by atoms with E-state index in [0.717, 1.165) is 5.52 Å². The molecule has 0 aliphatic carbocycles. The number of carbonyl (C=O) groups is 1. The minimum atomic E-state index is -0.191. The second kappa shape index (κ2) is 5.93. The van der Waals surface area contributed by atoms with Crippen molar-refractivity contribution in [2.75, 3.05) is 12.3 Å². The minimum Gasteiger partial charge on any atom is -0.466 e. The second-order valence-corrected chi connectivity index (χ2v) is 4.54. The first-order valence-electron chi connectivity index (χ1n) is 6.19. The van der Waals surface area contributed by atoms with Crippen LogP contribution in [0, 0.1) is 0 Å². The van der Waals surface area contributed by atoms with E-state index in [0.29, 0.717) is 42.5 Å². The fourth-order valence-corrected chi connectivity index (χ4v) is 2.19. The molecule has 5 nitrogen and oxygen atoms in total. The molecule has 1 heterocycles. The van der Waals surface area contributed by atoms with E-state index in [2.05, 4.69) is 4.98 Å². The van der Waals surface area contributed by atoms with Crippen LogP contribution >= 0.6 is 11.6 Å². The van der Waals surface area contributed by atoms with Gasteiger partial charge in [-0.1, -0.05) is 17.7 Å². The number of anilines is 1. The van der Waals surface area contributed by atoms with Gasteiger partial charge in [0.2, 0.25) is 5.95 Å². The van der Waals surface area contributed by atoms with Gasteiger partial charge in [0, 0.05) is 13.0 Å². The maximum Gasteiger partial charge on any atom is 0.305 e. The SMILES string of the molecule is CCOC(=O)CCCn1c(N)nc2c(Cl)cccc21. The Bertz CT molecular complexity index is 595. The van der Waals surface area contributed by atoms with Crippen molar-refractivity contribution >= 4 is 34.6 Å². The van der Waals surface area contributed by atoms with Crippen molar-refractivity contribution < 1.29 is 9.53 Å². The summed E-state index contributed by atoms with van der Waals surface area (Å²) in [4.78, 5) is 15.5. The zero-order valence-electron chi connectivity index (χ0n) is 10.7. The van der Waals surface area contributed by atoms with E-state index in [1.54, 1.807) is 13.0 Å². The largest absolute Gasteiger partial charge is 0.466 e. The third-order valence-corrected chi connectivity index (χ3v) is 3.13. The van der Waals surface area contributed by atoms with Gasteiger partial charge >= 0.3 is 5.97 Å². The van der Waals surface area contributed by atoms with E-state index in [1.165, 1.54) is 0 Å². The lowest BCUT2D eigenvalue weighted by Crippen LogP contribution is -2.08. The Hall–Kier alpha value is -1.75. The second-order valence-electron chi connectivity index (χ2n) is 4.14. The lowest BCUT2D eigenvalue weighted by atomic mass is 10.3. The molecule has 0 atom stereocenters. The molecule has 0 radical (unpaired) electrons. The number of halogens is 1. The van der Waals surface area contributed by atoms with Crippen LogP contribution in [0.3, 0.4) is 0 Å². The molecule has 0 bridgehead atoms. The zero-order chi connectivity index (χ0) is 13.8. The number of aryl methyl sites for hydroxylation is 1. The summed E-state index contributed by atoms with van der Waals surface area (Å²) in [5, 5.41) is 0.577. The van der Waals surface area contributed by atoms with Crippen molar-refractivity contribution in [3.8, 4) is 0 Å². The van der Waals surface area contributed by atoms with Crippen molar-refractivity contribution in [2.24, 2.45) is 0 Å². The number of benzene rings is 1. The molecule has 0 fully saturated rings. The number of rotatable bonds is 5. The van der Waals surface area contributed by atoms with Gasteiger partial charge in [0.15, 0.2) is 0 Å². The molecule has 2 N–H and O–H groups in total. The smallest absolute Gasteiger partial charge is 0.305 e. The highest BCUT2D eigenvalue weighted by Crippen LogP contribution is 2.25. The van der Waals surface area contributed by atoms with E-state index in [4.69, 9.17) is 22.1 Å². The van der Waals surface area contributed by atoms with Gasteiger partial charge in [-0.05, 0) is 25.5 Å². The van der Waals surface area contributed by atoms with Crippen LogP contribution in [0.5, 0.6) is 0 Å². The molecule has 0 saturated heterocycles. The summed E-state index contributed by atoms with van der Waals surface area (Å²) in [6.07, 6.45) is 1.02. The van der Waals surface area contributed by atoms with Crippen LogP contribution in [0.4, 0.5) is 5.95 Å². The summed E-state index contributed by atoms with van der Waals surface area (Å²) in [5.41, 5.74) is 7.45. The van der Waals surface area contributed by atoms with Gasteiger partial charge in [0.25, 0.3) is 0 Å². The minimum absolute atomic E-state index is 0.191. The first kappa shape index (κ1) is 13.7. The molecule has 102 valence electrons. The normalized spacial score (nSPS) is 10.8. The number of nitrogens with zero attached hydrogens (tertiary/aromatic N) is 2. The van der Waals surface area contributed by atoms with Gasteiger partial charge in [-0.25, -0.2) is 4.98 Å². The summed E-state index contributed by atoms with van der Waals surface area (Å²) in [6, 6.07) is 5.54. The van der Waals surface area contributed by atoms with Crippen molar-refractivity contribution in [2.45, 2.75) is 26.3 Å². The third kappa shape index (κ3) is 2.98. The standard InChI is InChI=1S/C13H16ClN3O2/c1-2-19-11(18)7-4-8-17-10-6-3-5-9(14)12(10)16-13(17)15/h3,5-6H,2,4,7-8H2,1H3,(H2,15,16). The van der Waals surface area contributed by atoms with Crippen LogP contribution in [0.25, 0.3) is 11.0 Å². The summed E-state index contributed by atoms with van der Waals surface area (Å²) in [5.74, 6) is 0.218. The molecular weight excluding hydrogens is 266 g/mol. The molecule has 0 unspecified atom stereocenters. The first-order chi connectivity index (χ1) is 9.13. The lowest BCUT2D eigenvalue weighted by Gasteiger charge is -2.06. The number of nitrogens with two attached hydrogens (primary N) is 1. The molecule has 0 spiro atoms. The van der Waals surface area contributed by atoms with Crippen molar-refractivity contribution in [1.29, 1.82) is 0 Å². The highest BCUT2D eigenvalue weighted by Gasteiger charge is 2.11. The summed E-state index contributed by atoms with van der Waals surface area (Å²) in [6.45, 7) is 2.81. The van der Waals surface area contributed by atoms with Crippen molar-refractivity contribution in [3.05, 3.63) is 23.2 Å². The predicted molar refractivity (Wildman–Crippen MR) is 75.0 cm³/mol. The van der Waals surface area contributed by atoms with Crippen LogP contribution < -0.4 is 5.73 Å². The number of ether oxygens (including phenoxy) is 1. The fraction of sp³-hybridized carbons (Fsp3) is 0.385. The quantitative estimate of drug-likeness (QED) is 0.855. The third-order valence-electron chi connectivity index (χ3n) is 2.83. The van der Waals surface area contributed by atoms with Gasteiger partial charge in [-0.3, -0.25) is 4.79 Å². The topological polar surface area (TPSA) is 70.1 Å². The molecule has 2 rings (SSSR count). The van der Waals surface area contributed by atoms with Crippen LogP contribution in [0.1, 0.15) is 19.8 Å². The van der Waals surface area contributed by atoms with Crippen LogP contribution in [-0.4, -0.2) is 22.1 Å². The highest BCUT2D eigenvalue weighted by atomic mass is 35.5. The summed E-state index contributed by atoms with van der Waals surface area (Å²) >= 11 is 6.06. The van der Waals surface area contributed by atoms with E-state index >= 15 is 0 Å². The van der Waals surface area contributed by atoms with E-state index in [-0.39, 0.29) is 5.97 Å². The van der Waals surface area contributed by atoms with E-state index < -0.39 is 0 Å². The van der Waals surface area contributed by atoms with E-state index in [1.807, 2.05) is 16.7 Å². The monoisotopic (exact) mass is 281 g/mol. The van der Waals surface area contributed by atoms with Gasteiger partial charge in [0.05, 0.1) is 17.1 Å². The van der Waals surface area contributed by atoms with Crippen molar-refractivity contribution in [1.82, 2.24) is 9.55 Å². The van der Waals surface area contributed by atoms with Crippen molar-refractivity contribution in [3.63, 3.8) is 0 Å². The number of aromatic nitrogens is 2. The molecule has 6 heteroatoms. The Morgan fingerprint density at radius 3 is 3.05 bits per heavy atom. The molecular formula is C13H16ClN3O2. The highest BCUT2D eigenvalue weighted by molar-refractivity contribution is 6.35. The molecule has 1 aromatic carbocycles. The van der Waals surface area contributed by atoms with E-state index in [9.17, 15) is 4.79 Å². The Kier molecular flexibility index (Phi) is 4.27. The molecule has 0 saturated carbocycles. The molecule has 0 amide bonds. The number of nitrogen functional groups attached to an aromatic ring is 1. The number of esters is 1. The average Bonchev–Trinajstić information content (AvgIpc) is 2.68. The number of imidazole rings is 1. The number of hydrogen-bond donors (Lipinski definition) is 1. The maximum atomic E-state index is 11.3. The fourth-order valence-electron chi connectivity index (χ4n) is 1.98. The van der Waals surface area contributed by atoms with Gasteiger partial charge in [0.1, 0.15) is 5.52 Å². The molecule has 19 heavy (non-hydrogen) atoms. The Morgan fingerprint density at radius 2 is 2.32 bits per heavy atom.